The lowest BCUT2D eigenvalue weighted by Gasteiger charge is -2.10. The van der Waals surface area contributed by atoms with Crippen molar-refractivity contribution in [2.45, 2.75) is 28.7 Å². The molecular formula is C36H34N4OS. The highest BCUT2D eigenvalue weighted by molar-refractivity contribution is 7.81. The van der Waals surface area contributed by atoms with Crippen LogP contribution in [0.15, 0.2) is 120 Å². The summed E-state index contributed by atoms with van der Waals surface area (Å²) in [5.74, 6) is 0.871. The molecule has 5 nitrogen and oxygen atoms in total. The number of hydrogen-bond donors (Lipinski definition) is 1. The molecule has 0 bridgehead atoms. The first-order valence-corrected chi connectivity index (χ1v) is 13.4. The number of pyridine rings is 2. The van der Waals surface area contributed by atoms with Crippen molar-refractivity contribution in [2.75, 3.05) is 5.32 Å². The van der Waals surface area contributed by atoms with Crippen LogP contribution in [0, 0.1) is 13.8 Å². The molecule has 42 heavy (non-hydrogen) atoms. The van der Waals surface area contributed by atoms with Crippen LogP contribution < -0.4 is 10.7 Å². The summed E-state index contributed by atoms with van der Waals surface area (Å²) in [5, 5.41) is 5.11. The van der Waals surface area contributed by atoms with Gasteiger partial charge in [-0.1, -0.05) is 111 Å². The van der Waals surface area contributed by atoms with E-state index in [2.05, 4.69) is 65.5 Å². The highest BCUT2D eigenvalue weighted by Crippen LogP contribution is 2.26. The van der Waals surface area contributed by atoms with Gasteiger partial charge in [0.1, 0.15) is 10.8 Å². The lowest BCUT2D eigenvalue weighted by Crippen LogP contribution is -2.10. The Bertz CT molecular complexity index is 2020. The lowest BCUT2D eigenvalue weighted by atomic mass is 10.1. The number of imidazole rings is 1. The molecule has 0 unspecified atom stereocenters. The van der Waals surface area contributed by atoms with Crippen LogP contribution in [0.5, 0.6) is 0 Å². The van der Waals surface area contributed by atoms with E-state index in [1.165, 1.54) is 11.1 Å². The first-order chi connectivity index (χ1) is 19.5. The molecule has 0 aliphatic carbocycles. The van der Waals surface area contributed by atoms with Crippen molar-refractivity contribution >= 4 is 50.2 Å². The minimum atomic E-state index is 0. The van der Waals surface area contributed by atoms with Crippen LogP contribution in [0.1, 0.15) is 31.5 Å². The fraction of sp³-hybridized carbons (Fsp3) is 0.111. The van der Waals surface area contributed by atoms with Crippen LogP contribution in [0.2, 0.25) is 0 Å². The summed E-state index contributed by atoms with van der Waals surface area (Å²) in [4.78, 5) is 21.7. The largest absolute Gasteiger partial charge is 0.344 e. The first-order valence-electron chi connectivity index (χ1n) is 13.0. The Hall–Kier alpha value is -4.94. The number of aromatic nitrogens is 3. The molecule has 0 atom stereocenters. The molecule has 1 N–H and O–H groups in total. The predicted molar refractivity (Wildman–Crippen MR) is 182 cm³/mol. The molecule has 6 heteroatoms. The number of thiocarbonyl (C=S) groups is 1. The van der Waals surface area contributed by atoms with Gasteiger partial charge >= 0.3 is 0 Å². The average Bonchev–Trinajstić information content (AvgIpc) is 3.36. The van der Waals surface area contributed by atoms with Crippen LogP contribution in [0.25, 0.3) is 38.7 Å². The van der Waals surface area contributed by atoms with Crippen LogP contribution >= 0.6 is 12.2 Å². The van der Waals surface area contributed by atoms with Gasteiger partial charge in [-0.3, -0.25) is 14.2 Å². The number of aryl methyl sites for hydroxylation is 2. The zero-order valence-electron chi connectivity index (χ0n) is 22.1. The standard InChI is InChI=1S/C17H12N2O.C17H14N2S.2CH4/c1-11-5-7-12(8-6-11)17-18-14-4-2-3-13-15(20)9-10-19(17)16(13)14;1-12-7-9-14(10-8-12)17(20)19-15-6-2-4-13-5-3-11-18-16(13)15;;/h2-10H,1H3;2-11H,1H3,(H,19,20);2*1H4. The van der Waals surface area contributed by atoms with Gasteiger partial charge in [-0.2, -0.15) is 0 Å². The predicted octanol–water partition coefficient (Wildman–Crippen LogP) is 8.86. The zero-order valence-corrected chi connectivity index (χ0v) is 22.9. The molecule has 0 aliphatic heterocycles. The Balaban J connectivity index is 0.000000184. The molecule has 3 aromatic heterocycles. The maximum atomic E-state index is 11.9. The summed E-state index contributed by atoms with van der Waals surface area (Å²) in [6.45, 7) is 4.13. The molecule has 0 saturated carbocycles. The average molecular weight is 571 g/mol. The third-order valence-corrected chi connectivity index (χ3v) is 7.19. The second-order valence-corrected chi connectivity index (χ2v) is 10.1. The molecule has 4 aromatic carbocycles. The van der Waals surface area contributed by atoms with Gasteiger partial charge in [0.15, 0.2) is 5.43 Å². The van der Waals surface area contributed by atoms with Gasteiger partial charge in [0, 0.05) is 40.4 Å². The highest BCUT2D eigenvalue weighted by atomic mass is 32.1. The van der Waals surface area contributed by atoms with Crippen molar-refractivity contribution in [2.24, 2.45) is 0 Å². The van der Waals surface area contributed by atoms with Crippen LogP contribution in [-0.2, 0) is 0 Å². The van der Waals surface area contributed by atoms with Crippen LogP contribution in [0.4, 0.5) is 5.69 Å². The van der Waals surface area contributed by atoms with E-state index in [1.807, 2.05) is 65.1 Å². The molecule has 7 aromatic rings. The molecule has 0 spiro atoms. The molecule has 3 heterocycles. The zero-order chi connectivity index (χ0) is 27.6. The van der Waals surface area contributed by atoms with Crippen molar-refractivity contribution in [3.8, 4) is 11.4 Å². The molecule has 0 amide bonds. The Kier molecular flexibility index (Phi) is 9.09. The number of nitrogens with zero attached hydrogens (tertiary/aromatic N) is 3. The summed E-state index contributed by atoms with van der Waals surface area (Å²) in [7, 11) is 0. The maximum absolute atomic E-state index is 11.9. The molecule has 0 saturated heterocycles. The molecule has 7 rings (SSSR count). The van der Waals surface area contributed by atoms with Crippen molar-refractivity contribution in [1.82, 2.24) is 14.4 Å². The van der Waals surface area contributed by atoms with E-state index in [-0.39, 0.29) is 20.3 Å². The minimum Gasteiger partial charge on any atom is -0.344 e. The van der Waals surface area contributed by atoms with E-state index in [0.29, 0.717) is 4.99 Å². The van der Waals surface area contributed by atoms with Crippen molar-refractivity contribution in [1.29, 1.82) is 0 Å². The van der Waals surface area contributed by atoms with E-state index in [1.54, 1.807) is 18.5 Å². The van der Waals surface area contributed by atoms with Gasteiger partial charge in [-0.15, -0.1) is 0 Å². The fourth-order valence-electron chi connectivity index (χ4n) is 4.74. The lowest BCUT2D eigenvalue weighted by molar-refractivity contribution is 1.16. The molecule has 0 aliphatic rings. The second-order valence-electron chi connectivity index (χ2n) is 9.73. The van der Waals surface area contributed by atoms with Gasteiger partial charge in [0.05, 0.1) is 22.2 Å². The van der Waals surface area contributed by atoms with Crippen molar-refractivity contribution in [3.63, 3.8) is 0 Å². The molecule has 0 fully saturated rings. The number of anilines is 1. The Morgan fingerprint density at radius 3 is 2.19 bits per heavy atom. The normalized spacial score (nSPS) is 10.4. The number of fused-ring (bicyclic) bond motifs is 1. The Morgan fingerprint density at radius 2 is 1.45 bits per heavy atom. The van der Waals surface area contributed by atoms with E-state index in [0.717, 1.165) is 50.0 Å². The van der Waals surface area contributed by atoms with Gasteiger partial charge in [0.25, 0.3) is 0 Å². The number of para-hydroxylation sites is 2. The maximum Gasteiger partial charge on any atom is 0.189 e. The smallest absolute Gasteiger partial charge is 0.189 e. The SMILES string of the molecule is C.C.Cc1ccc(-c2nc3cccc4c(=O)ccn2c34)cc1.Cc1ccc(C(=S)Nc2cccc3cccnc23)cc1. The topological polar surface area (TPSA) is 59.3 Å². The van der Waals surface area contributed by atoms with Crippen LogP contribution in [-0.4, -0.2) is 19.4 Å². The van der Waals surface area contributed by atoms with Gasteiger partial charge < -0.3 is 5.32 Å². The van der Waals surface area contributed by atoms with Gasteiger partial charge in [-0.25, -0.2) is 4.98 Å². The van der Waals surface area contributed by atoms with Crippen molar-refractivity contribution < 1.29 is 0 Å². The van der Waals surface area contributed by atoms with Gasteiger partial charge in [0.2, 0.25) is 0 Å². The first kappa shape index (κ1) is 30.0. The number of benzene rings is 4. The minimum absolute atomic E-state index is 0. The summed E-state index contributed by atoms with van der Waals surface area (Å²) >= 11 is 5.47. The molecule has 0 radical (unpaired) electrons. The van der Waals surface area contributed by atoms with Gasteiger partial charge in [-0.05, 0) is 38.1 Å². The summed E-state index contributed by atoms with van der Waals surface area (Å²) in [5.41, 5.74) is 8.18. The highest BCUT2D eigenvalue weighted by Gasteiger charge is 2.13. The van der Waals surface area contributed by atoms with E-state index < -0.39 is 0 Å². The van der Waals surface area contributed by atoms with E-state index >= 15 is 0 Å². The number of nitrogens with one attached hydrogen (secondary N) is 1. The number of rotatable bonds is 3. The summed E-state index contributed by atoms with van der Waals surface area (Å²) in [6.07, 6.45) is 3.60. The fourth-order valence-corrected chi connectivity index (χ4v) is 4.98. The number of hydrogen-bond acceptors (Lipinski definition) is 4. The Morgan fingerprint density at radius 1 is 0.786 bits per heavy atom. The third kappa shape index (κ3) is 5.90. The van der Waals surface area contributed by atoms with E-state index in [9.17, 15) is 4.79 Å². The monoisotopic (exact) mass is 570 g/mol. The summed E-state index contributed by atoms with van der Waals surface area (Å²) < 4.78 is 2.00. The third-order valence-electron chi connectivity index (χ3n) is 6.86. The van der Waals surface area contributed by atoms with E-state index in [4.69, 9.17) is 12.2 Å². The van der Waals surface area contributed by atoms with Crippen LogP contribution in [0.3, 0.4) is 0 Å². The second kappa shape index (κ2) is 12.7. The summed E-state index contributed by atoms with van der Waals surface area (Å²) in [6, 6.07) is 33.7. The van der Waals surface area contributed by atoms with Crippen molar-refractivity contribution in [3.05, 3.63) is 142 Å². The molecular weight excluding hydrogens is 536 g/mol. The Labute approximate surface area is 251 Å². The molecule has 210 valence electrons. The quantitative estimate of drug-likeness (QED) is 0.215.